The Bertz CT molecular complexity index is 641. The van der Waals surface area contributed by atoms with Gasteiger partial charge in [0.05, 0.1) is 0 Å². The molecule has 0 radical (unpaired) electrons. The van der Waals surface area contributed by atoms with Crippen LogP contribution in [0.4, 0.5) is 22.0 Å². The van der Waals surface area contributed by atoms with Gasteiger partial charge in [-0.15, -0.1) is 0 Å². The van der Waals surface area contributed by atoms with Crippen molar-refractivity contribution in [3.8, 4) is 11.1 Å². The molecule has 0 aromatic heterocycles. The molecule has 7 heteroatoms. The van der Waals surface area contributed by atoms with E-state index in [9.17, 15) is 22.0 Å². The van der Waals surface area contributed by atoms with Gasteiger partial charge in [0, 0.05) is 15.6 Å². The first-order valence-corrected chi connectivity index (χ1v) is 5.97. The number of halogens is 7. The van der Waals surface area contributed by atoms with Crippen molar-refractivity contribution in [2.24, 2.45) is 0 Å². The van der Waals surface area contributed by atoms with Crippen LogP contribution in [0.5, 0.6) is 0 Å². The Morgan fingerprint density at radius 1 is 0.850 bits per heavy atom. The third-order valence-electron chi connectivity index (χ3n) is 2.57. The first-order valence-electron chi connectivity index (χ1n) is 5.22. The van der Waals surface area contributed by atoms with E-state index in [0.29, 0.717) is 17.2 Å². The average molecular weight is 327 g/mol. The van der Waals surface area contributed by atoms with E-state index < -0.39 is 23.4 Å². The van der Waals surface area contributed by atoms with Crippen LogP contribution in [0.25, 0.3) is 11.1 Å². The van der Waals surface area contributed by atoms with Crippen LogP contribution in [0.3, 0.4) is 0 Å². The van der Waals surface area contributed by atoms with E-state index in [1.54, 1.807) is 0 Å². The minimum atomic E-state index is -5.10. The first-order chi connectivity index (χ1) is 9.20. The van der Waals surface area contributed by atoms with Crippen LogP contribution in [0.1, 0.15) is 5.56 Å². The molecule has 0 aliphatic rings. The van der Waals surface area contributed by atoms with Crippen molar-refractivity contribution >= 4 is 23.2 Å². The van der Waals surface area contributed by atoms with E-state index in [-0.39, 0.29) is 16.1 Å². The van der Waals surface area contributed by atoms with Crippen molar-refractivity contribution in [3.63, 3.8) is 0 Å². The lowest BCUT2D eigenvalue weighted by molar-refractivity contribution is -0.142. The van der Waals surface area contributed by atoms with Crippen LogP contribution in [0.15, 0.2) is 30.3 Å². The minimum Gasteiger partial charge on any atom is -0.206 e. The minimum absolute atomic E-state index is 0.0797. The van der Waals surface area contributed by atoms with Crippen molar-refractivity contribution in [2.45, 2.75) is 6.18 Å². The molecule has 0 N–H and O–H groups in total. The second-order valence-corrected chi connectivity index (χ2v) is 4.78. The lowest BCUT2D eigenvalue weighted by Gasteiger charge is -2.12. The summed E-state index contributed by atoms with van der Waals surface area (Å²) in [5, 5.41) is 0.377. The third-order valence-corrected chi connectivity index (χ3v) is 3.12. The van der Waals surface area contributed by atoms with Crippen molar-refractivity contribution < 1.29 is 22.0 Å². The van der Waals surface area contributed by atoms with Crippen molar-refractivity contribution in [1.82, 2.24) is 0 Å². The standard InChI is InChI=1S/C13H5Cl2F5/c14-7-1-2-8(9(15)5-7)6-3-10(16)12(11(17)4-6)13(18,19)20/h1-5H. The second kappa shape index (κ2) is 5.22. The first kappa shape index (κ1) is 15.1. The van der Waals surface area contributed by atoms with E-state index in [4.69, 9.17) is 23.2 Å². The van der Waals surface area contributed by atoms with Gasteiger partial charge in [0.15, 0.2) is 0 Å². The lowest BCUT2D eigenvalue weighted by atomic mass is 10.0. The summed E-state index contributed by atoms with van der Waals surface area (Å²) < 4.78 is 64.3. The Kier molecular flexibility index (Phi) is 3.93. The Labute approximate surface area is 120 Å². The summed E-state index contributed by atoms with van der Waals surface area (Å²) >= 11 is 11.5. The Hall–Kier alpha value is -1.33. The molecule has 0 nitrogen and oxygen atoms in total. The van der Waals surface area contributed by atoms with E-state index in [2.05, 4.69) is 0 Å². The van der Waals surface area contributed by atoms with Crippen LogP contribution in [0.2, 0.25) is 10.0 Å². The molecule has 0 unspecified atom stereocenters. The van der Waals surface area contributed by atoms with Crippen LogP contribution >= 0.6 is 23.2 Å². The molecule has 106 valence electrons. The predicted molar refractivity (Wildman–Crippen MR) is 66.8 cm³/mol. The van der Waals surface area contributed by atoms with E-state index in [0.717, 1.165) is 0 Å². The van der Waals surface area contributed by atoms with E-state index >= 15 is 0 Å². The molecule has 0 fully saturated rings. The van der Waals surface area contributed by atoms with Gasteiger partial charge in [-0.3, -0.25) is 0 Å². The summed E-state index contributed by atoms with van der Waals surface area (Å²) in [6.07, 6.45) is -5.10. The van der Waals surface area contributed by atoms with Gasteiger partial charge in [-0.25, -0.2) is 8.78 Å². The molecule has 0 spiro atoms. The van der Waals surface area contributed by atoms with Gasteiger partial charge in [-0.05, 0) is 29.8 Å². The fourth-order valence-corrected chi connectivity index (χ4v) is 2.24. The highest BCUT2D eigenvalue weighted by Gasteiger charge is 2.38. The van der Waals surface area contributed by atoms with Gasteiger partial charge in [0.2, 0.25) is 0 Å². The molecular weight excluding hydrogens is 322 g/mol. The molecule has 0 saturated heterocycles. The molecule has 0 aliphatic heterocycles. The highest BCUT2D eigenvalue weighted by atomic mass is 35.5. The summed E-state index contributed by atoms with van der Waals surface area (Å²) in [5.74, 6) is -3.39. The zero-order valence-electron chi connectivity index (χ0n) is 9.53. The molecule has 2 aromatic rings. The smallest absolute Gasteiger partial charge is 0.206 e. The highest BCUT2D eigenvalue weighted by Crippen LogP contribution is 2.37. The number of hydrogen-bond acceptors (Lipinski definition) is 0. The van der Waals surface area contributed by atoms with Gasteiger partial charge in [-0.2, -0.15) is 13.2 Å². The van der Waals surface area contributed by atoms with Gasteiger partial charge >= 0.3 is 6.18 Å². The number of rotatable bonds is 1. The molecule has 20 heavy (non-hydrogen) atoms. The van der Waals surface area contributed by atoms with Crippen LogP contribution < -0.4 is 0 Å². The van der Waals surface area contributed by atoms with Crippen molar-refractivity contribution in [3.05, 3.63) is 57.6 Å². The van der Waals surface area contributed by atoms with Crippen molar-refractivity contribution in [2.75, 3.05) is 0 Å². The molecule has 0 heterocycles. The molecule has 2 rings (SSSR count). The summed E-state index contributed by atoms with van der Waals surface area (Å²) in [7, 11) is 0. The summed E-state index contributed by atoms with van der Waals surface area (Å²) in [6, 6.07) is 5.27. The maximum Gasteiger partial charge on any atom is 0.422 e. The SMILES string of the molecule is Fc1cc(-c2ccc(Cl)cc2Cl)cc(F)c1C(F)(F)F. The van der Waals surface area contributed by atoms with E-state index in [1.165, 1.54) is 18.2 Å². The van der Waals surface area contributed by atoms with E-state index in [1.807, 2.05) is 0 Å². The van der Waals surface area contributed by atoms with Crippen LogP contribution in [0, 0.1) is 11.6 Å². The van der Waals surface area contributed by atoms with Crippen molar-refractivity contribution in [1.29, 1.82) is 0 Å². The Morgan fingerprint density at radius 2 is 1.40 bits per heavy atom. The number of benzene rings is 2. The number of hydrogen-bond donors (Lipinski definition) is 0. The largest absolute Gasteiger partial charge is 0.422 e. The predicted octanol–water partition coefficient (Wildman–Crippen LogP) is 5.96. The molecule has 0 amide bonds. The van der Waals surface area contributed by atoms with Gasteiger partial charge in [0.1, 0.15) is 17.2 Å². The van der Waals surface area contributed by atoms with Gasteiger partial charge in [0.25, 0.3) is 0 Å². The quantitative estimate of drug-likeness (QED) is 0.567. The maximum atomic E-state index is 13.5. The topological polar surface area (TPSA) is 0 Å². The molecule has 0 bridgehead atoms. The molecule has 0 aliphatic carbocycles. The molecule has 0 saturated carbocycles. The monoisotopic (exact) mass is 326 g/mol. The zero-order valence-corrected chi connectivity index (χ0v) is 11.0. The molecule has 0 atom stereocenters. The summed E-state index contributed by atoms with van der Waals surface area (Å²) in [4.78, 5) is 0. The average Bonchev–Trinajstić information content (AvgIpc) is 2.25. The maximum absolute atomic E-state index is 13.5. The fourth-order valence-electron chi connectivity index (χ4n) is 1.72. The normalized spacial score (nSPS) is 11.8. The zero-order chi connectivity index (χ0) is 15.1. The highest BCUT2D eigenvalue weighted by molar-refractivity contribution is 6.36. The summed E-state index contributed by atoms with van der Waals surface area (Å²) in [5.41, 5.74) is -1.84. The molecular formula is C13H5Cl2F5. The third kappa shape index (κ3) is 2.88. The number of alkyl halides is 3. The molecule has 2 aromatic carbocycles. The van der Waals surface area contributed by atoms with Crippen LogP contribution in [-0.4, -0.2) is 0 Å². The second-order valence-electron chi connectivity index (χ2n) is 3.94. The lowest BCUT2D eigenvalue weighted by Crippen LogP contribution is -2.11. The van der Waals surface area contributed by atoms with Crippen LogP contribution in [-0.2, 0) is 6.18 Å². The Balaban J connectivity index is 2.61. The van der Waals surface area contributed by atoms with Gasteiger partial charge in [-0.1, -0.05) is 29.3 Å². The summed E-state index contributed by atoms with van der Waals surface area (Å²) in [6.45, 7) is 0. The fraction of sp³-hybridized carbons (Fsp3) is 0.0769. The Morgan fingerprint density at radius 3 is 1.85 bits per heavy atom. The van der Waals surface area contributed by atoms with Gasteiger partial charge < -0.3 is 0 Å².